The van der Waals surface area contributed by atoms with Crippen LogP contribution in [0.15, 0.2) is 5.38 Å². The summed E-state index contributed by atoms with van der Waals surface area (Å²) in [5.74, 6) is 0. The second-order valence-corrected chi connectivity index (χ2v) is 5.47. The van der Waals surface area contributed by atoms with Crippen molar-refractivity contribution in [3.63, 3.8) is 0 Å². The molecule has 1 aromatic rings. The summed E-state index contributed by atoms with van der Waals surface area (Å²) in [6, 6.07) is 0. The first kappa shape index (κ1) is 13.0. The Kier molecular flexibility index (Phi) is 4.91. The maximum atomic E-state index is 5.52. The number of nitrogens with zero attached hydrogens (tertiary/aromatic N) is 2. The third-order valence-electron chi connectivity index (χ3n) is 2.74. The van der Waals surface area contributed by atoms with Gasteiger partial charge in [-0.2, -0.15) is 0 Å². The van der Waals surface area contributed by atoms with Crippen LogP contribution < -0.4 is 0 Å². The standard InChI is InChI=1S/C12H20N2O2S/c1-10-13-11(9-17-10)8-14(2)5-4-12-15-6-3-7-16-12/h9,12H,3-8H2,1-2H3. The molecule has 1 fully saturated rings. The van der Waals surface area contributed by atoms with Crippen molar-refractivity contribution >= 4 is 11.3 Å². The summed E-state index contributed by atoms with van der Waals surface area (Å²) in [5.41, 5.74) is 1.15. The van der Waals surface area contributed by atoms with Crippen LogP contribution in [0.5, 0.6) is 0 Å². The first-order chi connectivity index (χ1) is 8.24. The molecule has 0 spiro atoms. The van der Waals surface area contributed by atoms with Crippen LogP contribution >= 0.6 is 11.3 Å². The van der Waals surface area contributed by atoms with Crippen LogP contribution in [0.25, 0.3) is 0 Å². The highest BCUT2D eigenvalue weighted by molar-refractivity contribution is 7.09. The van der Waals surface area contributed by atoms with E-state index in [2.05, 4.69) is 22.3 Å². The minimum Gasteiger partial charge on any atom is -0.353 e. The molecule has 0 atom stereocenters. The van der Waals surface area contributed by atoms with Gasteiger partial charge in [0, 0.05) is 24.9 Å². The SMILES string of the molecule is Cc1nc(CN(C)CCC2OCCCO2)cs1. The Bertz CT molecular complexity index is 337. The Hall–Kier alpha value is -0.490. The van der Waals surface area contributed by atoms with E-state index in [4.69, 9.17) is 9.47 Å². The Morgan fingerprint density at radius 1 is 1.47 bits per heavy atom. The number of aromatic nitrogens is 1. The highest BCUT2D eigenvalue weighted by Gasteiger charge is 2.14. The topological polar surface area (TPSA) is 34.6 Å². The van der Waals surface area contributed by atoms with Gasteiger partial charge in [-0.1, -0.05) is 0 Å². The van der Waals surface area contributed by atoms with E-state index < -0.39 is 0 Å². The van der Waals surface area contributed by atoms with Crippen LogP contribution in [0.1, 0.15) is 23.5 Å². The van der Waals surface area contributed by atoms with Gasteiger partial charge in [-0.15, -0.1) is 11.3 Å². The highest BCUT2D eigenvalue weighted by atomic mass is 32.1. The van der Waals surface area contributed by atoms with E-state index in [9.17, 15) is 0 Å². The summed E-state index contributed by atoms with van der Waals surface area (Å²) in [5, 5.41) is 3.26. The number of hydrogen-bond acceptors (Lipinski definition) is 5. The molecule has 0 saturated carbocycles. The smallest absolute Gasteiger partial charge is 0.158 e. The van der Waals surface area contributed by atoms with Gasteiger partial charge in [-0.3, -0.25) is 0 Å². The average molecular weight is 256 g/mol. The molecule has 0 N–H and O–H groups in total. The molecule has 0 aliphatic carbocycles. The number of ether oxygens (including phenoxy) is 2. The molecule has 1 aliphatic rings. The summed E-state index contributed by atoms with van der Waals surface area (Å²) in [6.07, 6.45) is 1.94. The molecule has 0 radical (unpaired) electrons. The summed E-state index contributed by atoms with van der Waals surface area (Å²) in [7, 11) is 2.11. The van der Waals surface area contributed by atoms with Crippen LogP contribution in [0.4, 0.5) is 0 Å². The zero-order valence-electron chi connectivity index (χ0n) is 10.5. The predicted molar refractivity (Wildman–Crippen MR) is 68.1 cm³/mol. The van der Waals surface area contributed by atoms with E-state index >= 15 is 0 Å². The van der Waals surface area contributed by atoms with E-state index in [1.165, 1.54) is 0 Å². The fraction of sp³-hybridized carbons (Fsp3) is 0.750. The first-order valence-electron chi connectivity index (χ1n) is 6.07. The van der Waals surface area contributed by atoms with Gasteiger partial charge >= 0.3 is 0 Å². The van der Waals surface area contributed by atoms with Gasteiger partial charge in [0.1, 0.15) is 0 Å². The van der Waals surface area contributed by atoms with E-state index in [1.807, 2.05) is 6.92 Å². The van der Waals surface area contributed by atoms with Crippen molar-refractivity contribution in [3.8, 4) is 0 Å². The van der Waals surface area contributed by atoms with Crippen molar-refractivity contribution in [1.82, 2.24) is 9.88 Å². The molecule has 2 heterocycles. The molecule has 1 aliphatic heterocycles. The van der Waals surface area contributed by atoms with Crippen LogP contribution in [0.3, 0.4) is 0 Å². The van der Waals surface area contributed by atoms with Gasteiger partial charge < -0.3 is 14.4 Å². The van der Waals surface area contributed by atoms with E-state index in [1.54, 1.807) is 11.3 Å². The van der Waals surface area contributed by atoms with Crippen molar-refractivity contribution in [1.29, 1.82) is 0 Å². The maximum absolute atomic E-state index is 5.52. The second-order valence-electron chi connectivity index (χ2n) is 4.41. The fourth-order valence-electron chi connectivity index (χ4n) is 1.87. The van der Waals surface area contributed by atoms with Crippen molar-refractivity contribution in [2.75, 3.05) is 26.8 Å². The molecule has 17 heavy (non-hydrogen) atoms. The molecule has 5 heteroatoms. The molecular weight excluding hydrogens is 236 g/mol. The third-order valence-corrected chi connectivity index (χ3v) is 3.56. The largest absolute Gasteiger partial charge is 0.353 e. The van der Waals surface area contributed by atoms with Crippen LogP contribution in [0, 0.1) is 6.92 Å². The summed E-state index contributed by atoms with van der Waals surface area (Å²) >= 11 is 1.71. The van der Waals surface area contributed by atoms with E-state index in [0.29, 0.717) is 0 Å². The van der Waals surface area contributed by atoms with Crippen molar-refractivity contribution < 1.29 is 9.47 Å². The predicted octanol–water partition coefficient (Wildman–Crippen LogP) is 2.04. The molecule has 0 unspecified atom stereocenters. The molecule has 96 valence electrons. The van der Waals surface area contributed by atoms with Crippen LogP contribution in [-0.4, -0.2) is 43.0 Å². The molecular formula is C12H20N2O2S. The minimum atomic E-state index is -0.0108. The normalized spacial score (nSPS) is 17.8. The maximum Gasteiger partial charge on any atom is 0.158 e. The van der Waals surface area contributed by atoms with Crippen molar-refractivity contribution in [2.24, 2.45) is 0 Å². The number of hydrogen-bond donors (Lipinski definition) is 0. The number of rotatable bonds is 5. The monoisotopic (exact) mass is 256 g/mol. The lowest BCUT2D eigenvalue weighted by Gasteiger charge is -2.25. The zero-order chi connectivity index (χ0) is 12.1. The lowest BCUT2D eigenvalue weighted by Crippen LogP contribution is -2.29. The van der Waals surface area contributed by atoms with Gasteiger partial charge in [0.15, 0.2) is 6.29 Å². The summed E-state index contributed by atoms with van der Waals surface area (Å²) in [6.45, 7) is 5.58. The Balaban J connectivity index is 1.68. The third kappa shape index (κ3) is 4.35. The zero-order valence-corrected chi connectivity index (χ0v) is 11.3. The van der Waals surface area contributed by atoms with Crippen molar-refractivity contribution in [3.05, 3.63) is 16.1 Å². The van der Waals surface area contributed by atoms with Gasteiger partial charge in [0.2, 0.25) is 0 Å². The quantitative estimate of drug-likeness (QED) is 0.807. The fourth-order valence-corrected chi connectivity index (χ4v) is 2.47. The van der Waals surface area contributed by atoms with E-state index in [-0.39, 0.29) is 6.29 Å². The second kappa shape index (κ2) is 6.44. The Morgan fingerprint density at radius 3 is 2.88 bits per heavy atom. The molecule has 0 bridgehead atoms. The summed E-state index contributed by atoms with van der Waals surface area (Å²) in [4.78, 5) is 6.72. The van der Waals surface area contributed by atoms with Crippen LogP contribution in [0.2, 0.25) is 0 Å². The first-order valence-corrected chi connectivity index (χ1v) is 6.95. The Morgan fingerprint density at radius 2 is 2.24 bits per heavy atom. The number of aryl methyl sites for hydroxylation is 1. The average Bonchev–Trinajstić information content (AvgIpc) is 2.73. The van der Waals surface area contributed by atoms with Gasteiger partial charge in [-0.25, -0.2) is 4.98 Å². The molecule has 1 aromatic heterocycles. The van der Waals surface area contributed by atoms with Gasteiger partial charge in [0.25, 0.3) is 0 Å². The summed E-state index contributed by atoms with van der Waals surface area (Å²) < 4.78 is 11.0. The van der Waals surface area contributed by atoms with Crippen molar-refractivity contribution in [2.45, 2.75) is 32.6 Å². The lowest BCUT2D eigenvalue weighted by atomic mass is 10.3. The van der Waals surface area contributed by atoms with Crippen LogP contribution in [-0.2, 0) is 16.0 Å². The minimum absolute atomic E-state index is 0.0108. The molecule has 2 rings (SSSR count). The van der Waals surface area contributed by atoms with Gasteiger partial charge in [-0.05, 0) is 20.4 Å². The molecule has 1 saturated heterocycles. The lowest BCUT2D eigenvalue weighted by molar-refractivity contribution is -0.182. The molecule has 4 nitrogen and oxygen atoms in total. The molecule has 0 amide bonds. The molecule has 0 aromatic carbocycles. The number of thiazole rings is 1. The highest BCUT2D eigenvalue weighted by Crippen LogP contribution is 2.12. The van der Waals surface area contributed by atoms with Gasteiger partial charge in [0.05, 0.1) is 23.9 Å². The Labute approximate surface area is 107 Å². The van der Waals surface area contributed by atoms with E-state index in [0.717, 1.165) is 49.8 Å².